The number of rotatable bonds is 7. The van der Waals surface area contributed by atoms with Crippen LogP contribution in [0.1, 0.15) is 18.9 Å². The second kappa shape index (κ2) is 9.17. The Labute approximate surface area is 185 Å². The van der Waals surface area contributed by atoms with Gasteiger partial charge in [0.1, 0.15) is 11.8 Å². The Bertz CT molecular complexity index is 1020. The van der Waals surface area contributed by atoms with Gasteiger partial charge in [-0.05, 0) is 36.8 Å². The second-order valence-electron chi connectivity index (χ2n) is 7.74. The molecule has 2 N–H and O–H groups in total. The van der Waals surface area contributed by atoms with Crippen molar-refractivity contribution in [2.24, 2.45) is 5.92 Å². The van der Waals surface area contributed by atoms with E-state index < -0.39 is 12.0 Å². The number of methoxy groups -OCH3 is 1. The standard InChI is InChI=1S/C23H25N3O6/c1-14(22(28)24-11-15-3-6-18(30-2)7-4-15)25-23(29)16-9-21(27)26(12-16)17-5-8-19-20(10-17)32-13-31-19/h3-8,10,14,16H,9,11-13H2,1-2H3,(H,24,28)(H,25,29)/t14-,16?/m0/s1. The predicted molar refractivity (Wildman–Crippen MR) is 115 cm³/mol. The van der Waals surface area contributed by atoms with E-state index in [4.69, 9.17) is 14.2 Å². The molecule has 2 aliphatic heterocycles. The molecule has 9 nitrogen and oxygen atoms in total. The van der Waals surface area contributed by atoms with Crippen LogP contribution in [0.2, 0.25) is 0 Å². The van der Waals surface area contributed by atoms with Gasteiger partial charge in [0, 0.05) is 31.3 Å². The summed E-state index contributed by atoms with van der Waals surface area (Å²) in [6.45, 7) is 2.34. The molecule has 1 fully saturated rings. The van der Waals surface area contributed by atoms with E-state index in [0.717, 1.165) is 11.3 Å². The van der Waals surface area contributed by atoms with Crippen LogP contribution in [0.5, 0.6) is 17.2 Å². The Morgan fingerprint density at radius 3 is 2.66 bits per heavy atom. The summed E-state index contributed by atoms with van der Waals surface area (Å²) in [5.41, 5.74) is 1.57. The molecule has 0 aromatic heterocycles. The average molecular weight is 439 g/mol. The number of nitrogens with zero attached hydrogens (tertiary/aromatic N) is 1. The van der Waals surface area contributed by atoms with Gasteiger partial charge in [0.15, 0.2) is 11.5 Å². The molecule has 4 rings (SSSR count). The molecule has 0 radical (unpaired) electrons. The molecule has 2 aromatic carbocycles. The molecule has 0 saturated carbocycles. The molecule has 1 saturated heterocycles. The van der Waals surface area contributed by atoms with Crippen molar-refractivity contribution in [1.29, 1.82) is 0 Å². The number of hydrogen-bond donors (Lipinski definition) is 2. The average Bonchev–Trinajstić information content (AvgIpc) is 3.43. The highest BCUT2D eigenvalue weighted by molar-refractivity contribution is 6.01. The van der Waals surface area contributed by atoms with Crippen molar-refractivity contribution in [1.82, 2.24) is 10.6 Å². The van der Waals surface area contributed by atoms with E-state index in [1.54, 1.807) is 37.1 Å². The minimum atomic E-state index is -0.726. The summed E-state index contributed by atoms with van der Waals surface area (Å²) in [6, 6.07) is 11.9. The minimum Gasteiger partial charge on any atom is -0.497 e. The first-order chi connectivity index (χ1) is 15.4. The molecule has 0 bridgehead atoms. The zero-order valence-corrected chi connectivity index (χ0v) is 17.9. The molecular weight excluding hydrogens is 414 g/mol. The van der Waals surface area contributed by atoms with Gasteiger partial charge in [-0.2, -0.15) is 0 Å². The summed E-state index contributed by atoms with van der Waals surface area (Å²) in [5, 5.41) is 5.52. The Morgan fingerprint density at radius 2 is 1.91 bits per heavy atom. The molecule has 0 aliphatic carbocycles. The third-order valence-electron chi connectivity index (χ3n) is 5.54. The van der Waals surface area contributed by atoms with Gasteiger partial charge in [-0.25, -0.2) is 0 Å². The molecule has 32 heavy (non-hydrogen) atoms. The first kappa shape index (κ1) is 21.5. The summed E-state index contributed by atoms with van der Waals surface area (Å²) in [5.74, 6) is 0.626. The number of ether oxygens (including phenoxy) is 3. The smallest absolute Gasteiger partial charge is 0.242 e. The van der Waals surface area contributed by atoms with Crippen LogP contribution >= 0.6 is 0 Å². The van der Waals surface area contributed by atoms with Gasteiger partial charge in [0.2, 0.25) is 24.5 Å². The molecular formula is C23H25N3O6. The van der Waals surface area contributed by atoms with Crippen molar-refractivity contribution >= 4 is 23.4 Å². The topological polar surface area (TPSA) is 106 Å². The van der Waals surface area contributed by atoms with Crippen LogP contribution in [0.4, 0.5) is 5.69 Å². The molecule has 9 heteroatoms. The number of benzene rings is 2. The number of carbonyl (C=O) groups is 3. The van der Waals surface area contributed by atoms with Gasteiger partial charge >= 0.3 is 0 Å². The van der Waals surface area contributed by atoms with E-state index in [0.29, 0.717) is 23.7 Å². The lowest BCUT2D eigenvalue weighted by atomic mass is 10.1. The van der Waals surface area contributed by atoms with Crippen molar-refractivity contribution in [2.75, 3.05) is 25.3 Å². The van der Waals surface area contributed by atoms with E-state index in [2.05, 4.69) is 10.6 Å². The quantitative estimate of drug-likeness (QED) is 0.679. The number of carbonyl (C=O) groups excluding carboxylic acids is 3. The third-order valence-corrected chi connectivity index (χ3v) is 5.54. The fourth-order valence-corrected chi connectivity index (χ4v) is 3.67. The zero-order valence-electron chi connectivity index (χ0n) is 17.9. The molecule has 168 valence electrons. The van der Waals surface area contributed by atoms with Crippen molar-refractivity contribution in [2.45, 2.75) is 25.9 Å². The van der Waals surface area contributed by atoms with E-state index in [1.807, 2.05) is 24.3 Å². The Morgan fingerprint density at radius 1 is 1.16 bits per heavy atom. The SMILES string of the molecule is COc1ccc(CNC(=O)[C@H](C)NC(=O)C2CC(=O)N(c3ccc4c(c3)OCO4)C2)cc1. The maximum Gasteiger partial charge on any atom is 0.242 e. The monoisotopic (exact) mass is 439 g/mol. The number of anilines is 1. The molecule has 2 atom stereocenters. The first-order valence-electron chi connectivity index (χ1n) is 10.4. The minimum absolute atomic E-state index is 0.0838. The summed E-state index contributed by atoms with van der Waals surface area (Å²) < 4.78 is 15.8. The maximum atomic E-state index is 12.7. The van der Waals surface area contributed by atoms with Gasteiger partial charge < -0.3 is 29.7 Å². The van der Waals surface area contributed by atoms with Gasteiger partial charge in [0.25, 0.3) is 0 Å². The van der Waals surface area contributed by atoms with E-state index in [-0.39, 0.29) is 37.5 Å². The van der Waals surface area contributed by atoms with Crippen LogP contribution in [0.15, 0.2) is 42.5 Å². The van der Waals surface area contributed by atoms with Crippen LogP contribution < -0.4 is 29.7 Å². The summed E-state index contributed by atoms with van der Waals surface area (Å²) in [6.07, 6.45) is 0.0838. The number of nitrogens with one attached hydrogen (secondary N) is 2. The Hall–Kier alpha value is -3.75. The van der Waals surface area contributed by atoms with Crippen LogP contribution in [-0.4, -0.2) is 44.2 Å². The van der Waals surface area contributed by atoms with E-state index in [9.17, 15) is 14.4 Å². The molecule has 0 spiro atoms. The Balaban J connectivity index is 1.29. The molecule has 3 amide bonds. The van der Waals surface area contributed by atoms with E-state index in [1.165, 1.54) is 0 Å². The largest absolute Gasteiger partial charge is 0.497 e. The summed E-state index contributed by atoms with van der Waals surface area (Å²) >= 11 is 0. The van der Waals surface area contributed by atoms with Crippen molar-refractivity contribution < 1.29 is 28.6 Å². The predicted octanol–water partition coefficient (Wildman–Crippen LogP) is 1.60. The molecule has 2 aromatic rings. The normalized spacial score (nSPS) is 17.8. The third kappa shape index (κ3) is 4.61. The van der Waals surface area contributed by atoms with Gasteiger partial charge in [-0.15, -0.1) is 0 Å². The second-order valence-corrected chi connectivity index (χ2v) is 7.74. The lowest BCUT2D eigenvalue weighted by Crippen LogP contribution is -2.46. The highest BCUT2D eigenvalue weighted by Gasteiger charge is 2.36. The van der Waals surface area contributed by atoms with Gasteiger partial charge in [0.05, 0.1) is 13.0 Å². The molecule has 1 unspecified atom stereocenters. The highest BCUT2D eigenvalue weighted by atomic mass is 16.7. The summed E-state index contributed by atoms with van der Waals surface area (Å²) in [7, 11) is 1.59. The first-order valence-corrected chi connectivity index (χ1v) is 10.4. The van der Waals surface area contributed by atoms with Crippen molar-refractivity contribution in [3.8, 4) is 17.2 Å². The lowest BCUT2D eigenvalue weighted by Gasteiger charge is -2.19. The number of amides is 3. The fraction of sp³-hybridized carbons (Fsp3) is 0.348. The van der Waals surface area contributed by atoms with Crippen molar-refractivity contribution in [3.63, 3.8) is 0 Å². The van der Waals surface area contributed by atoms with Gasteiger partial charge in [-0.1, -0.05) is 12.1 Å². The van der Waals surface area contributed by atoms with Crippen LogP contribution in [0.25, 0.3) is 0 Å². The molecule has 2 aliphatic rings. The summed E-state index contributed by atoms with van der Waals surface area (Å²) in [4.78, 5) is 39.1. The van der Waals surface area contributed by atoms with Crippen molar-refractivity contribution in [3.05, 3.63) is 48.0 Å². The van der Waals surface area contributed by atoms with Crippen LogP contribution in [0, 0.1) is 5.92 Å². The zero-order chi connectivity index (χ0) is 22.7. The highest BCUT2D eigenvalue weighted by Crippen LogP contribution is 2.37. The number of fused-ring (bicyclic) bond motifs is 1. The fourth-order valence-electron chi connectivity index (χ4n) is 3.67. The Kier molecular flexibility index (Phi) is 6.16. The molecule has 2 heterocycles. The number of hydrogen-bond acceptors (Lipinski definition) is 6. The maximum absolute atomic E-state index is 12.7. The van der Waals surface area contributed by atoms with Gasteiger partial charge in [-0.3, -0.25) is 14.4 Å². The van der Waals surface area contributed by atoms with Crippen LogP contribution in [0.3, 0.4) is 0 Å². The van der Waals surface area contributed by atoms with Crippen LogP contribution in [-0.2, 0) is 20.9 Å². The van der Waals surface area contributed by atoms with E-state index >= 15 is 0 Å². The lowest BCUT2D eigenvalue weighted by molar-refractivity contribution is -0.131.